The second kappa shape index (κ2) is 4.36. The van der Waals surface area contributed by atoms with Gasteiger partial charge < -0.3 is 4.74 Å². The van der Waals surface area contributed by atoms with Crippen LogP contribution in [0.2, 0.25) is 0 Å². The predicted octanol–water partition coefficient (Wildman–Crippen LogP) is 2.10. The summed E-state index contributed by atoms with van der Waals surface area (Å²) in [5, 5.41) is 1.93. The Hall–Kier alpha value is -1.82. The first-order chi connectivity index (χ1) is 7.70. The monoisotopic (exact) mass is 235 g/mol. The number of para-hydroxylation sites is 2. The molecule has 0 spiro atoms. The number of carbonyl (C=O) groups is 1. The van der Waals surface area contributed by atoms with E-state index in [0.29, 0.717) is 11.0 Å². The number of anilines is 1. The zero-order valence-corrected chi connectivity index (χ0v) is 9.36. The molecule has 0 atom stereocenters. The predicted molar refractivity (Wildman–Crippen MR) is 64.1 cm³/mol. The average molecular weight is 235 g/mol. The Morgan fingerprint density at radius 2 is 1.94 bits per heavy atom. The van der Waals surface area contributed by atoms with Gasteiger partial charge in [-0.25, -0.2) is 9.97 Å². The first-order valence-electron chi connectivity index (χ1n) is 4.51. The number of nitrogens with zero attached hydrogens (tertiary/aromatic N) is 2. The summed E-state index contributed by atoms with van der Waals surface area (Å²) in [4.78, 5) is 19.3. The molecule has 0 aliphatic rings. The summed E-state index contributed by atoms with van der Waals surface area (Å²) in [7, 11) is 1.47. The van der Waals surface area contributed by atoms with Gasteiger partial charge in [-0.3, -0.25) is 10.1 Å². The van der Waals surface area contributed by atoms with Crippen molar-refractivity contribution < 1.29 is 9.53 Å². The number of benzene rings is 1. The number of ether oxygens (including phenoxy) is 1. The summed E-state index contributed by atoms with van der Waals surface area (Å²) >= 11 is 3.62. The minimum Gasteiger partial charge on any atom is -0.478 e. The molecule has 0 saturated heterocycles. The van der Waals surface area contributed by atoms with E-state index in [1.807, 2.05) is 18.2 Å². The quantitative estimate of drug-likeness (QED) is 0.782. The molecule has 0 saturated carbocycles. The lowest BCUT2D eigenvalue weighted by molar-refractivity contribution is 0.270. The number of methoxy groups -OCH3 is 1. The molecule has 0 bridgehead atoms. The molecule has 0 radical (unpaired) electrons. The third-order valence-electron chi connectivity index (χ3n) is 1.96. The Labute approximate surface area is 97.3 Å². The number of carbonyl (C=O) groups excluding carboxylic acids is 1. The van der Waals surface area contributed by atoms with Crippen LogP contribution in [0, 0.1) is 0 Å². The highest BCUT2D eigenvalue weighted by atomic mass is 32.1. The minimum absolute atomic E-state index is 0.265. The Morgan fingerprint density at radius 1 is 1.31 bits per heavy atom. The summed E-state index contributed by atoms with van der Waals surface area (Å²) in [5.74, 6) is 0.530. The third kappa shape index (κ3) is 2.06. The van der Waals surface area contributed by atoms with E-state index < -0.39 is 5.24 Å². The summed E-state index contributed by atoms with van der Waals surface area (Å²) in [6.07, 6.45) is 0. The molecule has 2 aromatic rings. The van der Waals surface area contributed by atoms with Crippen molar-refractivity contribution in [2.24, 2.45) is 0 Å². The van der Waals surface area contributed by atoms with Crippen molar-refractivity contribution in [3.05, 3.63) is 24.3 Å². The number of aromatic nitrogens is 2. The number of nitrogens with one attached hydrogen (secondary N) is 1. The van der Waals surface area contributed by atoms with Crippen LogP contribution in [0.1, 0.15) is 0 Å². The number of rotatable bonds is 2. The first kappa shape index (κ1) is 10.7. The smallest absolute Gasteiger partial charge is 0.281 e. The third-order valence-corrected chi connectivity index (χ3v) is 2.07. The van der Waals surface area contributed by atoms with Gasteiger partial charge in [-0.15, -0.1) is 0 Å². The average Bonchev–Trinajstić information content (AvgIpc) is 2.27. The van der Waals surface area contributed by atoms with Crippen LogP contribution in [0.15, 0.2) is 24.3 Å². The van der Waals surface area contributed by atoms with Crippen molar-refractivity contribution in [3.8, 4) is 5.88 Å². The molecule has 5 nitrogen and oxygen atoms in total. The van der Waals surface area contributed by atoms with Crippen LogP contribution in [-0.2, 0) is 0 Å². The zero-order chi connectivity index (χ0) is 11.5. The van der Waals surface area contributed by atoms with E-state index >= 15 is 0 Å². The molecule has 1 aromatic heterocycles. The van der Waals surface area contributed by atoms with Gasteiger partial charge in [0.25, 0.3) is 11.1 Å². The van der Waals surface area contributed by atoms with Crippen molar-refractivity contribution in [1.82, 2.24) is 9.97 Å². The van der Waals surface area contributed by atoms with Crippen LogP contribution in [0.3, 0.4) is 0 Å². The lowest BCUT2D eigenvalue weighted by atomic mass is 10.3. The van der Waals surface area contributed by atoms with Gasteiger partial charge in [0.1, 0.15) is 0 Å². The van der Waals surface area contributed by atoms with E-state index in [-0.39, 0.29) is 11.7 Å². The number of fused-ring (bicyclic) bond motifs is 1. The van der Waals surface area contributed by atoms with Crippen LogP contribution >= 0.6 is 12.6 Å². The Kier molecular flexibility index (Phi) is 2.91. The molecule has 1 heterocycles. The lowest BCUT2D eigenvalue weighted by Gasteiger charge is -2.07. The number of hydrogen-bond donors (Lipinski definition) is 2. The Bertz CT molecular complexity index is 545. The largest absolute Gasteiger partial charge is 0.478 e. The maximum Gasteiger partial charge on any atom is 0.281 e. The summed E-state index contributed by atoms with van der Waals surface area (Å²) in [5.41, 5.74) is 1.39. The second-order valence-electron chi connectivity index (χ2n) is 3.00. The summed E-state index contributed by atoms with van der Waals surface area (Å²) in [6.45, 7) is 0. The molecule has 6 heteroatoms. The van der Waals surface area contributed by atoms with Gasteiger partial charge >= 0.3 is 0 Å². The molecule has 0 fully saturated rings. The highest BCUT2D eigenvalue weighted by Crippen LogP contribution is 2.22. The molecule has 0 aliphatic carbocycles. The molecular weight excluding hydrogens is 226 g/mol. The maximum atomic E-state index is 10.8. The normalized spacial score (nSPS) is 10.1. The van der Waals surface area contributed by atoms with Crippen molar-refractivity contribution in [1.29, 1.82) is 0 Å². The molecule has 16 heavy (non-hydrogen) atoms. The van der Waals surface area contributed by atoms with E-state index in [2.05, 4.69) is 27.9 Å². The Morgan fingerprint density at radius 3 is 2.50 bits per heavy atom. The van der Waals surface area contributed by atoms with E-state index in [4.69, 9.17) is 4.74 Å². The van der Waals surface area contributed by atoms with Gasteiger partial charge in [-0.1, -0.05) is 24.8 Å². The van der Waals surface area contributed by atoms with Crippen molar-refractivity contribution in [3.63, 3.8) is 0 Å². The fraction of sp³-hybridized carbons (Fsp3) is 0.100. The lowest BCUT2D eigenvalue weighted by Crippen LogP contribution is -2.06. The van der Waals surface area contributed by atoms with Crippen molar-refractivity contribution >= 4 is 34.7 Å². The summed E-state index contributed by atoms with van der Waals surface area (Å²) < 4.78 is 5.03. The topological polar surface area (TPSA) is 64.1 Å². The minimum atomic E-state index is -0.511. The van der Waals surface area contributed by atoms with Crippen molar-refractivity contribution in [2.75, 3.05) is 12.4 Å². The van der Waals surface area contributed by atoms with Crippen LogP contribution < -0.4 is 10.1 Å². The van der Waals surface area contributed by atoms with E-state index in [1.165, 1.54) is 7.11 Å². The SMILES string of the molecule is COc1nc2ccccc2nc1NC(=O)S. The van der Waals surface area contributed by atoms with Gasteiger partial charge in [0.05, 0.1) is 18.1 Å². The Balaban J connectivity index is 2.58. The molecule has 1 aromatic carbocycles. The molecule has 1 amide bonds. The fourth-order valence-electron chi connectivity index (χ4n) is 1.31. The molecule has 1 N–H and O–H groups in total. The van der Waals surface area contributed by atoms with Gasteiger partial charge in [-0.2, -0.15) is 0 Å². The molecule has 0 unspecified atom stereocenters. The highest BCUT2D eigenvalue weighted by Gasteiger charge is 2.10. The second-order valence-corrected chi connectivity index (χ2v) is 3.41. The number of thiol groups is 1. The highest BCUT2D eigenvalue weighted by molar-refractivity contribution is 7.96. The van der Waals surface area contributed by atoms with Gasteiger partial charge in [0.2, 0.25) is 0 Å². The summed E-state index contributed by atoms with van der Waals surface area (Å²) in [6, 6.07) is 7.32. The molecule has 0 aliphatic heterocycles. The number of amides is 1. The molecular formula is C10H9N3O2S. The number of hydrogen-bond acceptors (Lipinski definition) is 4. The fourth-order valence-corrected chi connectivity index (χ4v) is 1.41. The van der Waals surface area contributed by atoms with Gasteiger partial charge in [-0.05, 0) is 12.1 Å². The van der Waals surface area contributed by atoms with Gasteiger partial charge in [0.15, 0.2) is 5.82 Å². The van der Waals surface area contributed by atoms with Crippen LogP contribution in [0.25, 0.3) is 11.0 Å². The molecule has 82 valence electrons. The van der Waals surface area contributed by atoms with E-state index in [9.17, 15) is 4.79 Å². The van der Waals surface area contributed by atoms with Crippen LogP contribution in [0.5, 0.6) is 5.88 Å². The van der Waals surface area contributed by atoms with E-state index in [1.54, 1.807) is 6.07 Å². The van der Waals surface area contributed by atoms with Gasteiger partial charge in [0, 0.05) is 0 Å². The van der Waals surface area contributed by atoms with Crippen molar-refractivity contribution in [2.45, 2.75) is 0 Å². The first-order valence-corrected chi connectivity index (χ1v) is 4.96. The van der Waals surface area contributed by atoms with E-state index in [0.717, 1.165) is 0 Å². The zero-order valence-electron chi connectivity index (χ0n) is 8.47. The maximum absolute atomic E-state index is 10.8. The standard InChI is InChI=1S/C10H9N3O2S/c1-15-9-8(13-10(14)16)11-6-4-2-3-5-7(6)12-9/h2-5H,1H3,(H2,11,13,14,16). The van der Waals surface area contributed by atoms with Crippen LogP contribution in [0.4, 0.5) is 10.6 Å². The van der Waals surface area contributed by atoms with Crippen LogP contribution in [-0.4, -0.2) is 22.3 Å². The molecule has 2 rings (SSSR count).